The average Bonchev–Trinajstić information content (AvgIpc) is 3.11. The van der Waals surface area contributed by atoms with Crippen LogP contribution in [0, 0.1) is 11.8 Å². The van der Waals surface area contributed by atoms with Crippen LogP contribution in [-0.4, -0.2) is 49.4 Å². The first-order chi connectivity index (χ1) is 9.72. The molecular formula is C15H26N4O. The summed E-state index contributed by atoms with van der Waals surface area (Å²) in [6.45, 7) is 9.70. The second-order valence-corrected chi connectivity index (χ2v) is 6.18. The Bertz CT molecular complexity index is 447. The lowest BCUT2D eigenvalue weighted by Gasteiger charge is -2.23. The summed E-state index contributed by atoms with van der Waals surface area (Å²) >= 11 is 0. The van der Waals surface area contributed by atoms with E-state index in [2.05, 4.69) is 34.8 Å². The van der Waals surface area contributed by atoms with Crippen LogP contribution in [0.2, 0.25) is 0 Å². The van der Waals surface area contributed by atoms with Gasteiger partial charge < -0.3 is 19.5 Å². The molecule has 1 N–H and O–H groups in total. The fourth-order valence-corrected chi connectivity index (χ4v) is 3.50. The second-order valence-electron chi connectivity index (χ2n) is 6.18. The van der Waals surface area contributed by atoms with Crippen molar-refractivity contribution in [3.8, 4) is 0 Å². The van der Waals surface area contributed by atoms with Crippen LogP contribution < -0.4 is 10.2 Å². The van der Waals surface area contributed by atoms with Gasteiger partial charge in [0, 0.05) is 39.5 Å². The van der Waals surface area contributed by atoms with E-state index in [1.165, 1.54) is 5.69 Å². The van der Waals surface area contributed by atoms with Crippen molar-refractivity contribution in [2.45, 2.75) is 26.3 Å². The minimum absolute atomic E-state index is 0.335. The quantitative estimate of drug-likeness (QED) is 0.882. The number of imidazole rings is 1. The maximum atomic E-state index is 5.32. The number of methoxy groups -OCH3 is 1. The van der Waals surface area contributed by atoms with E-state index in [0.29, 0.717) is 6.04 Å². The van der Waals surface area contributed by atoms with Crippen LogP contribution in [0.25, 0.3) is 0 Å². The number of hydrogen-bond donors (Lipinski definition) is 1. The Morgan fingerprint density at radius 3 is 2.70 bits per heavy atom. The molecule has 2 saturated heterocycles. The molecule has 1 unspecified atom stereocenters. The highest BCUT2D eigenvalue weighted by molar-refractivity contribution is 5.37. The van der Waals surface area contributed by atoms with E-state index in [1.807, 2.05) is 0 Å². The third kappa shape index (κ3) is 2.44. The first kappa shape index (κ1) is 13.9. The number of fused-ring (bicyclic) bond motifs is 1. The highest BCUT2D eigenvalue weighted by Crippen LogP contribution is 2.31. The Kier molecular flexibility index (Phi) is 3.98. The Morgan fingerprint density at radius 1 is 1.40 bits per heavy atom. The van der Waals surface area contributed by atoms with Gasteiger partial charge in [-0.1, -0.05) is 6.92 Å². The van der Waals surface area contributed by atoms with Gasteiger partial charge in [0.2, 0.25) is 5.95 Å². The molecule has 0 radical (unpaired) electrons. The van der Waals surface area contributed by atoms with Gasteiger partial charge in [-0.3, -0.25) is 0 Å². The van der Waals surface area contributed by atoms with Gasteiger partial charge >= 0.3 is 0 Å². The minimum atomic E-state index is 0.335. The largest absolute Gasteiger partial charge is 0.383 e. The Labute approximate surface area is 121 Å². The molecule has 0 amide bonds. The average molecular weight is 278 g/mol. The predicted octanol–water partition coefficient (Wildman–Crippen LogP) is 1.31. The summed E-state index contributed by atoms with van der Waals surface area (Å²) in [5.41, 5.74) is 1.18. The van der Waals surface area contributed by atoms with Crippen molar-refractivity contribution in [1.82, 2.24) is 14.9 Å². The summed E-state index contributed by atoms with van der Waals surface area (Å²) in [4.78, 5) is 7.33. The number of anilines is 1. The number of aromatic nitrogens is 2. The van der Waals surface area contributed by atoms with Crippen molar-refractivity contribution in [3.05, 3.63) is 11.9 Å². The number of nitrogens with one attached hydrogen (secondary N) is 1. The maximum Gasteiger partial charge on any atom is 0.206 e. The lowest BCUT2D eigenvalue weighted by molar-refractivity contribution is 0.162. The first-order valence-corrected chi connectivity index (χ1v) is 7.75. The molecule has 5 nitrogen and oxygen atoms in total. The molecule has 2 aliphatic rings. The van der Waals surface area contributed by atoms with E-state index < -0.39 is 0 Å². The number of rotatable bonds is 5. The van der Waals surface area contributed by atoms with Gasteiger partial charge in [-0.05, 0) is 25.2 Å². The zero-order valence-corrected chi connectivity index (χ0v) is 12.8. The van der Waals surface area contributed by atoms with E-state index >= 15 is 0 Å². The molecule has 2 aliphatic heterocycles. The molecule has 0 saturated carbocycles. The lowest BCUT2D eigenvalue weighted by atomic mass is 10.0. The Hall–Kier alpha value is -1.07. The van der Waals surface area contributed by atoms with Crippen LogP contribution >= 0.6 is 0 Å². The van der Waals surface area contributed by atoms with Gasteiger partial charge in [0.25, 0.3) is 0 Å². The lowest BCUT2D eigenvalue weighted by Crippen LogP contribution is -2.29. The van der Waals surface area contributed by atoms with E-state index in [4.69, 9.17) is 9.72 Å². The van der Waals surface area contributed by atoms with Gasteiger partial charge in [0.05, 0.1) is 18.3 Å². The van der Waals surface area contributed by atoms with Crippen LogP contribution in [-0.2, 0) is 11.2 Å². The normalized spacial score (nSPS) is 27.1. The summed E-state index contributed by atoms with van der Waals surface area (Å²) in [7, 11) is 1.76. The molecule has 0 bridgehead atoms. The standard InChI is InChI=1S/C15H26N4O/c1-4-14-9-19(11(2)10-20-3)15(17-14)18-7-12-5-16-6-13(12)8-18/h9,11-13,16H,4-8,10H2,1-3H3/t11?,12-,13+. The van der Waals surface area contributed by atoms with Crippen molar-refractivity contribution in [1.29, 1.82) is 0 Å². The van der Waals surface area contributed by atoms with E-state index in [0.717, 1.165) is 57.0 Å². The predicted molar refractivity (Wildman–Crippen MR) is 80.3 cm³/mol. The van der Waals surface area contributed by atoms with Gasteiger partial charge in [0.1, 0.15) is 0 Å². The fourth-order valence-electron chi connectivity index (χ4n) is 3.50. The highest BCUT2D eigenvalue weighted by atomic mass is 16.5. The number of ether oxygens (including phenoxy) is 1. The van der Waals surface area contributed by atoms with Gasteiger partial charge in [0.15, 0.2) is 0 Å². The fraction of sp³-hybridized carbons (Fsp3) is 0.800. The molecule has 3 atom stereocenters. The highest BCUT2D eigenvalue weighted by Gasteiger charge is 2.37. The van der Waals surface area contributed by atoms with Crippen LogP contribution in [0.4, 0.5) is 5.95 Å². The van der Waals surface area contributed by atoms with Crippen molar-refractivity contribution in [2.75, 3.05) is 44.8 Å². The summed E-state index contributed by atoms with van der Waals surface area (Å²) < 4.78 is 7.62. The number of nitrogens with zero attached hydrogens (tertiary/aromatic N) is 3. The second kappa shape index (κ2) is 5.74. The van der Waals surface area contributed by atoms with Crippen molar-refractivity contribution >= 4 is 5.95 Å². The monoisotopic (exact) mass is 278 g/mol. The molecule has 3 heterocycles. The van der Waals surface area contributed by atoms with E-state index in [-0.39, 0.29) is 0 Å². The van der Waals surface area contributed by atoms with Crippen LogP contribution in [0.1, 0.15) is 25.6 Å². The van der Waals surface area contributed by atoms with Crippen LogP contribution in [0.5, 0.6) is 0 Å². The molecule has 1 aromatic rings. The smallest absolute Gasteiger partial charge is 0.206 e. The molecule has 112 valence electrons. The van der Waals surface area contributed by atoms with Crippen LogP contribution in [0.15, 0.2) is 6.20 Å². The number of hydrogen-bond acceptors (Lipinski definition) is 4. The molecule has 20 heavy (non-hydrogen) atoms. The van der Waals surface area contributed by atoms with Gasteiger partial charge in [-0.2, -0.15) is 0 Å². The summed E-state index contributed by atoms with van der Waals surface area (Å²) in [5.74, 6) is 2.73. The van der Waals surface area contributed by atoms with Crippen molar-refractivity contribution in [2.24, 2.45) is 11.8 Å². The minimum Gasteiger partial charge on any atom is -0.383 e. The van der Waals surface area contributed by atoms with Gasteiger partial charge in [-0.25, -0.2) is 4.98 Å². The Morgan fingerprint density at radius 2 is 2.10 bits per heavy atom. The SMILES string of the molecule is CCc1cn(C(C)COC)c(N2C[C@H]3CNC[C@H]3C2)n1. The summed E-state index contributed by atoms with van der Waals surface area (Å²) in [5, 5.41) is 3.50. The molecule has 1 aromatic heterocycles. The zero-order valence-electron chi connectivity index (χ0n) is 12.8. The molecule has 3 rings (SSSR count). The number of aryl methyl sites for hydroxylation is 1. The van der Waals surface area contributed by atoms with Crippen molar-refractivity contribution < 1.29 is 4.74 Å². The molecular weight excluding hydrogens is 252 g/mol. The third-order valence-corrected chi connectivity index (χ3v) is 4.68. The Balaban J connectivity index is 1.82. The molecule has 0 spiro atoms. The summed E-state index contributed by atoms with van der Waals surface area (Å²) in [6.07, 6.45) is 3.19. The van der Waals surface area contributed by atoms with Crippen molar-refractivity contribution in [3.63, 3.8) is 0 Å². The molecule has 5 heteroatoms. The molecule has 0 aliphatic carbocycles. The summed E-state index contributed by atoms with van der Waals surface area (Å²) in [6, 6.07) is 0.335. The van der Waals surface area contributed by atoms with E-state index in [1.54, 1.807) is 7.11 Å². The first-order valence-electron chi connectivity index (χ1n) is 7.75. The third-order valence-electron chi connectivity index (χ3n) is 4.68. The van der Waals surface area contributed by atoms with Crippen LogP contribution in [0.3, 0.4) is 0 Å². The topological polar surface area (TPSA) is 42.3 Å². The molecule has 0 aromatic carbocycles. The zero-order chi connectivity index (χ0) is 14.1. The van der Waals surface area contributed by atoms with E-state index in [9.17, 15) is 0 Å². The maximum absolute atomic E-state index is 5.32. The van der Waals surface area contributed by atoms with Gasteiger partial charge in [-0.15, -0.1) is 0 Å². The molecule has 2 fully saturated rings.